The summed E-state index contributed by atoms with van der Waals surface area (Å²) in [7, 11) is 3.34. The van der Waals surface area contributed by atoms with Gasteiger partial charge in [0.25, 0.3) is 5.91 Å². The van der Waals surface area contributed by atoms with E-state index in [0.29, 0.717) is 18.7 Å². The predicted octanol–water partition coefficient (Wildman–Crippen LogP) is 1.05. The second-order valence-corrected chi connectivity index (χ2v) is 7.46. The smallest absolute Gasteiger partial charge is 0.254 e. The van der Waals surface area contributed by atoms with Gasteiger partial charge in [-0.2, -0.15) is 0 Å². The van der Waals surface area contributed by atoms with Crippen LogP contribution in [0.15, 0.2) is 24.3 Å². The summed E-state index contributed by atoms with van der Waals surface area (Å²) in [5.74, 6) is -0.386. The molecule has 7 nitrogen and oxygen atoms in total. The Labute approximate surface area is 160 Å². The normalized spacial score (nSPS) is 20.0. The van der Waals surface area contributed by atoms with Crippen molar-refractivity contribution in [3.05, 3.63) is 29.8 Å². The maximum atomic E-state index is 13.1. The third-order valence-electron chi connectivity index (χ3n) is 5.36. The van der Waals surface area contributed by atoms with Gasteiger partial charge in [0.1, 0.15) is 6.04 Å². The fourth-order valence-electron chi connectivity index (χ4n) is 3.85. The minimum Gasteiger partial charge on any atom is -0.372 e. The van der Waals surface area contributed by atoms with Crippen LogP contribution in [0.5, 0.6) is 0 Å². The molecular formula is C20H28N4O3. The zero-order valence-corrected chi connectivity index (χ0v) is 16.4. The molecule has 3 rings (SSSR count). The van der Waals surface area contributed by atoms with Gasteiger partial charge >= 0.3 is 0 Å². The molecule has 2 fully saturated rings. The van der Waals surface area contributed by atoms with Crippen molar-refractivity contribution in [3.63, 3.8) is 0 Å². The van der Waals surface area contributed by atoms with Crippen LogP contribution >= 0.6 is 0 Å². The molecule has 0 aromatic heterocycles. The van der Waals surface area contributed by atoms with E-state index in [1.54, 1.807) is 23.9 Å². The second-order valence-electron chi connectivity index (χ2n) is 7.46. The van der Waals surface area contributed by atoms with E-state index in [1.807, 2.05) is 24.3 Å². The molecule has 146 valence electrons. The molecule has 0 spiro atoms. The zero-order chi connectivity index (χ0) is 19.6. The van der Waals surface area contributed by atoms with E-state index in [0.717, 1.165) is 18.8 Å². The van der Waals surface area contributed by atoms with Gasteiger partial charge in [0, 0.05) is 58.4 Å². The predicted molar refractivity (Wildman–Crippen MR) is 104 cm³/mol. The average Bonchev–Trinajstić information content (AvgIpc) is 3.21. The number of nitrogens with zero attached hydrogens (tertiary/aromatic N) is 4. The molecule has 2 aliphatic rings. The minimum atomic E-state index is -0.628. The van der Waals surface area contributed by atoms with E-state index < -0.39 is 6.04 Å². The molecule has 0 unspecified atom stereocenters. The first-order valence-electron chi connectivity index (χ1n) is 9.51. The highest BCUT2D eigenvalue weighted by molar-refractivity contribution is 5.96. The molecule has 2 saturated heterocycles. The average molecular weight is 372 g/mol. The first kappa shape index (κ1) is 19.2. The molecule has 0 saturated carbocycles. The summed E-state index contributed by atoms with van der Waals surface area (Å²) in [5, 5.41) is 0. The number of carbonyl (C=O) groups is 3. The maximum Gasteiger partial charge on any atom is 0.254 e. The molecule has 0 aliphatic carbocycles. The van der Waals surface area contributed by atoms with Gasteiger partial charge in [0.2, 0.25) is 11.8 Å². The molecule has 7 heteroatoms. The van der Waals surface area contributed by atoms with E-state index in [9.17, 15) is 14.4 Å². The van der Waals surface area contributed by atoms with E-state index in [2.05, 4.69) is 4.90 Å². The van der Waals surface area contributed by atoms with Crippen LogP contribution in [0.3, 0.4) is 0 Å². The fraction of sp³-hybridized carbons (Fsp3) is 0.550. The molecule has 0 N–H and O–H groups in total. The molecule has 3 amide bonds. The Morgan fingerprint density at radius 2 is 1.74 bits per heavy atom. The van der Waals surface area contributed by atoms with Crippen molar-refractivity contribution < 1.29 is 14.4 Å². The van der Waals surface area contributed by atoms with E-state index >= 15 is 0 Å². The summed E-state index contributed by atoms with van der Waals surface area (Å²) in [5.41, 5.74) is 1.70. The third kappa shape index (κ3) is 4.07. The SMILES string of the molecule is CC(=O)N1CCN(C(=O)c2cccc(N3CCCC3)c2)C[C@H]1C(=O)N(C)C. The Morgan fingerprint density at radius 1 is 1.04 bits per heavy atom. The van der Waals surface area contributed by atoms with Crippen LogP contribution in [-0.4, -0.2) is 85.3 Å². The monoisotopic (exact) mass is 372 g/mol. The Hall–Kier alpha value is -2.57. The highest BCUT2D eigenvalue weighted by Crippen LogP contribution is 2.23. The van der Waals surface area contributed by atoms with Crippen molar-refractivity contribution in [1.29, 1.82) is 0 Å². The van der Waals surface area contributed by atoms with E-state index in [1.165, 1.54) is 24.7 Å². The lowest BCUT2D eigenvalue weighted by Crippen LogP contribution is -2.61. The summed E-state index contributed by atoms with van der Waals surface area (Å²) in [6, 6.07) is 7.08. The van der Waals surface area contributed by atoms with Gasteiger partial charge in [-0.15, -0.1) is 0 Å². The molecule has 1 atom stereocenters. The number of benzene rings is 1. The van der Waals surface area contributed by atoms with Crippen LogP contribution in [0, 0.1) is 0 Å². The second kappa shape index (κ2) is 7.98. The molecule has 0 bridgehead atoms. The number of likely N-dealkylation sites (N-methyl/N-ethyl adjacent to an activating group) is 1. The standard InChI is InChI=1S/C20H28N4O3/c1-15(25)24-12-11-23(14-18(24)20(27)21(2)3)19(26)16-7-6-8-17(13-16)22-9-4-5-10-22/h6-8,13,18H,4-5,9-12,14H2,1-3H3/t18-/m0/s1. The lowest BCUT2D eigenvalue weighted by atomic mass is 10.1. The molecule has 1 aromatic rings. The number of hydrogen-bond donors (Lipinski definition) is 0. The lowest BCUT2D eigenvalue weighted by molar-refractivity contribution is -0.146. The molecule has 2 heterocycles. The molecule has 27 heavy (non-hydrogen) atoms. The van der Waals surface area contributed by atoms with Gasteiger partial charge in [0.05, 0.1) is 6.54 Å². The summed E-state index contributed by atoms with van der Waals surface area (Å²) in [6.07, 6.45) is 2.36. The Bertz CT molecular complexity index is 728. The number of amides is 3. The van der Waals surface area contributed by atoms with Crippen LogP contribution in [0.2, 0.25) is 0 Å². The fourth-order valence-corrected chi connectivity index (χ4v) is 3.85. The van der Waals surface area contributed by atoms with E-state index in [-0.39, 0.29) is 24.3 Å². The number of carbonyl (C=O) groups excluding carboxylic acids is 3. The van der Waals surface area contributed by atoms with Crippen LogP contribution in [0.4, 0.5) is 5.69 Å². The highest BCUT2D eigenvalue weighted by atomic mass is 16.2. The largest absolute Gasteiger partial charge is 0.372 e. The van der Waals surface area contributed by atoms with Crippen molar-refractivity contribution in [2.75, 3.05) is 51.7 Å². The van der Waals surface area contributed by atoms with Crippen molar-refractivity contribution in [1.82, 2.24) is 14.7 Å². The van der Waals surface area contributed by atoms with Gasteiger partial charge in [0.15, 0.2) is 0 Å². The highest BCUT2D eigenvalue weighted by Gasteiger charge is 2.36. The van der Waals surface area contributed by atoms with Crippen LogP contribution in [0.1, 0.15) is 30.1 Å². The Kier molecular flexibility index (Phi) is 5.68. The Morgan fingerprint density at radius 3 is 2.37 bits per heavy atom. The lowest BCUT2D eigenvalue weighted by Gasteiger charge is -2.41. The molecular weight excluding hydrogens is 344 g/mol. The van der Waals surface area contributed by atoms with Gasteiger partial charge in [-0.1, -0.05) is 6.07 Å². The van der Waals surface area contributed by atoms with Crippen molar-refractivity contribution in [2.24, 2.45) is 0 Å². The van der Waals surface area contributed by atoms with Gasteiger partial charge < -0.3 is 19.6 Å². The first-order chi connectivity index (χ1) is 12.9. The van der Waals surface area contributed by atoms with Crippen molar-refractivity contribution >= 4 is 23.4 Å². The minimum absolute atomic E-state index is 0.0872. The molecule has 2 aliphatic heterocycles. The maximum absolute atomic E-state index is 13.1. The quantitative estimate of drug-likeness (QED) is 0.796. The van der Waals surface area contributed by atoms with Crippen LogP contribution in [-0.2, 0) is 9.59 Å². The topological polar surface area (TPSA) is 64.2 Å². The van der Waals surface area contributed by atoms with E-state index in [4.69, 9.17) is 0 Å². The zero-order valence-electron chi connectivity index (χ0n) is 16.4. The number of piperazine rings is 1. The summed E-state index contributed by atoms with van der Waals surface area (Å²) in [4.78, 5) is 44.5. The van der Waals surface area contributed by atoms with Gasteiger partial charge in [-0.25, -0.2) is 0 Å². The summed E-state index contributed by atoms with van der Waals surface area (Å²) in [6.45, 7) is 4.54. The molecule has 1 aromatic carbocycles. The van der Waals surface area contributed by atoms with Crippen LogP contribution in [0.25, 0.3) is 0 Å². The first-order valence-corrected chi connectivity index (χ1v) is 9.51. The third-order valence-corrected chi connectivity index (χ3v) is 5.36. The van der Waals surface area contributed by atoms with Gasteiger partial charge in [-0.05, 0) is 31.0 Å². The van der Waals surface area contributed by atoms with Crippen molar-refractivity contribution in [2.45, 2.75) is 25.8 Å². The van der Waals surface area contributed by atoms with Crippen LogP contribution < -0.4 is 4.90 Å². The van der Waals surface area contributed by atoms with Crippen molar-refractivity contribution in [3.8, 4) is 0 Å². The molecule has 0 radical (unpaired) electrons. The van der Waals surface area contributed by atoms with Gasteiger partial charge in [-0.3, -0.25) is 14.4 Å². The summed E-state index contributed by atoms with van der Waals surface area (Å²) >= 11 is 0. The summed E-state index contributed by atoms with van der Waals surface area (Å²) < 4.78 is 0. The number of rotatable bonds is 3. The number of anilines is 1. The Balaban J connectivity index is 1.77. The number of hydrogen-bond acceptors (Lipinski definition) is 4.